The SMILES string of the molecule is C[C@H](OC(=O)c1ccc(Cl)c(S(N)(=O)=O)c1)C(=O)Nc1ccccc1F. The van der Waals surface area contributed by atoms with Crippen LogP contribution < -0.4 is 10.5 Å². The predicted octanol–water partition coefficient (Wildman–Crippen LogP) is 2.31. The molecule has 0 fully saturated rings. The van der Waals surface area contributed by atoms with E-state index in [1.165, 1.54) is 37.3 Å². The van der Waals surface area contributed by atoms with Gasteiger partial charge in [0.25, 0.3) is 5.91 Å². The zero-order chi connectivity index (χ0) is 19.5. The van der Waals surface area contributed by atoms with Crippen molar-refractivity contribution < 1.29 is 27.1 Å². The standard InChI is InChI=1S/C16H14ClFN2O5S/c1-9(15(21)20-13-5-3-2-4-12(13)18)25-16(22)10-6-7-11(17)14(8-10)26(19,23)24/h2-9H,1H3,(H,20,21)(H2,19,23,24)/t9-/m0/s1. The number of hydrogen-bond donors (Lipinski definition) is 2. The second kappa shape index (κ2) is 7.81. The Balaban J connectivity index is 2.12. The lowest BCUT2D eigenvalue weighted by Gasteiger charge is -2.14. The van der Waals surface area contributed by atoms with Gasteiger partial charge in [-0.2, -0.15) is 0 Å². The van der Waals surface area contributed by atoms with Crippen LogP contribution in [0.25, 0.3) is 0 Å². The summed E-state index contributed by atoms with van der Waals surface area (Å²) in [5.41, 5.74) is -0.229. The number of carbonyl (C=O) groups is 2. The van der Waals surface area contributed by atoms with E-state index in [0.717, 1.165) is 12.1 Å². The molecule has 0 radical (unpaired) electrons. The Bertz CT molecular complexity index is 965. The van der Waals surface area contributed by atoms with E-state index in [4.69, 9.17) is 21.5 Å². The van der Waals surface area contributed by atoms with E-state index < -0.39 is 38.7 Å². The van der Waals surface area contributed by atoms with Gasteiger partial charge < -0.3 is 10.1 Å². The van der Waals surface area contributed by atoms with Crippen LogP contribution in [0.1, 0.15) is 17.3 Å². The van der Waals surface area contributed by atoms with Gasteiger partial charge in [-0.05, 0) is 37.3 Å². The number of amides is 1. The van der Waals surface area contributed by atoms with E-state index in [1.807, 2.05) is 0 Å². The lowest BCUT2D eigenvalue weighted by Crippen LogP contribution is -2.30. The molecule has 1 amide bonds. The summed E-state index contributed by atoms with van der Waals surface area (Å²) in [5, 5.41) is 7.14. The molecule has 0 spiro atoms. The van der Waals surface area contributed by atoms with E-state index in [-0.39, 0.29) is 16.3 Å². The van der Waals surface area contributed by atoms with Crippen LogP contribution in [0.15, 0.2) is 47.4 Å². The maximum Gasteiger partial charge on any atom is 0.338 e. The van der Waals surface area contributed by atoms with Crippen LogP contribution in [0.5, 0.6) is 0 Å². The van der Waals surface area contributed by atoms with Crippen molar-refractivity contribution in [2.24, 2.45) is 5.14 Å². The molecule has 0 saturated heterocycles. The number of carbonyl (C=O) groups excluding carboxylic acids is 2. The Morgan fingerprint density at radius 2 is 1.88 bits per heavy atom. The molecule has 0 aromatic heterocycles. The summed E-state index contributed by atoms with van der Waals surface area (Å²) in [6.07, 6.45) is -1.27. The number of nitrogens with one attached hydrogen (secondary N) is 1. The number of rotatable bonds is 5. The average molecular weight is 401 g/mol. The van der Waals surface area contributed by atoms with Crippen LogP contribution in [0.3, 0.4) is 0 Å². The molecule has 0 saturated carbocycles. The summed E-state index contributed by atoms with van der Waals surface area (Å²) in [6.45, 7) is 1.28. The lowest BCUT2D eigenvalue weighted by molar-refractivity contribution is -0.123. The molecule has 10 heteroatoms. The van der Waals surface area contributed by atoms with Crippen molar-refractivity contribution >= 4 is 39.2 Å². The third kappa shape index (κ3) is 4.78. The normalized spacial score (nSPS) is 12.3. The molecule has 7 nitrogen and oxygen atoms in total. The van der Waals surface area contributed by atoms with E-state index in [9.17, 15) is 22.4 Å². The highest BCUT2D eigenvalue weighted by atomic mass is 35.5. The Morgan fingerprint density at radius 1 is 1.23 bits per heavy atom. The predicted molar refractivity (Wildman–Crippen MR) is 92.7 cm³/mol. The fraction of sp³-hybridized carbons (Fsp3) is 0.125. The Morgan fingerprint density at radius 3 is 2.50 bits per heavy atom. The van der Waals surface area contributed by atoms with Crippen molar-refractivity contribution in [1.82, 2.24) is 0 Å². The summed E-state index contributed by atoms with van der Waals surface area (Å²) in [7, 11) is -4.14. The second-order valence-electron chi connectivity index (χ2n) is 5.21. The number of ether oxygens (including phenoxy) is 1. The van der Waals surface area contributed by atoms with Gasteiger partial charge in [0.2, 0.25) is 10.0 Å². The summed E-state index contributed by atoms with van der Waals surface area (Å²) >= 11 is 5.74. The number of benzene rings is 2. The van der Waals surface area contributed by atoms with Gasteiger partial charge in [-0.3, -0.25) is 4.79 Å². The highest BCUT2D eigenvalue weighted by Gasteiger charge is 2.22. The van der Waals surface area contributed by atoms with Crippen molar-refractivity contribution in [1.29, 1.82) is 0 Å². The first-order valence-corrected chi connectivity index (χ1v) is 9.10. The number of primary sulfonamides is 1. The van der Waals surface area contributed by atoms with Gasteiger partial charge in [0.15, 0.2) is 6.10 Å². The monoisotopic (exact) mass is 400 g/mol. The third-order valence-corrected chi connectivity index (χ3v) is 4.65. The molecule has 3 N–H and O–H groups in total. The number of para-hydroxylation sites is 1. The van der Waals surface area contributed by atoms with Gasteiger partial charge in [0, 0.05) is 0 Å². The number of halogens is 2. The number of hydrogen-bond acceptors (Lipinski definition) is 5. The molecular weight excluding hydrogens is 387 g/mol. The quantitative estimate of drug-likeness (QED) is 0.747. The summed E-state index contributed by atoms with van der Waals surface area (Å²) in [4.78, 5) is 23.7. The van der Waals surface area contributed by atoms with Gasteiger partial charge in [0.1, 0.15) is 10.7 Å². The number of sulfonamides is 1. The minimum absolute atomic E-state index is 0.0663. The van der Waals surface area contributed by atoms with Crippen LogP contribution in [0, 0.1) is 5.82 Å². The third-order valence-electron chi connectivity index (χ3n) is 3.26. The zero-order valence-electron chi connectivity index (χ0n) is 13.4. The van der Waals surface area contributed by atoms with Crippen LogP contribution in [0.4, 0.5) is 10.1 Å². The number of anilines is 1. The molecule has 26 heavy (non-hydrogen) atoms. The molecule has 2 aromatic rings. The fourth-order valence-electron chi connectivity index (χ4n) is 1.93. The summed E-state index contributed by atoms with van der Waals surface area (Å²) in [5.74, 6) is -2.37. The minimum atomic E-state index is -4.14. The topological polar surface area (TPSA) is 116 Å². The molecule has 0 aliphatic rings. The molecule has 138 valence electrons. The van der Waals surface area contributed by atoms with Crippen LogP contribution in [0.2, 0.25) is 5.02 Å². The van der Waals surface area contributed by atoms with Gasteiger partial charge in [0.05, 0.1) is 16.3 Å². The van der Waals surface area contributed by atoms with E-state index in [1.54, 1.807) is 0 Å². The zero-order valence-corrected chi connectivity index (χ0v) is 15.0. The van der Waals surface area contributed by atoms with Gasteiger partial charge in [-0.15, -0.1) is 0 Å². The molecular formula is C16H14ClFN2O5S. The first kappa shape index (κ1) is 19.8. The molecule has 2 aromatic carbocycles. The van der Waals surface area contributed by atoms with Crippen LogP contribution in [-0.2, 0) is 19.6 Å². The van der Waals surface area contributed by atoms with Gasteiger partial charge in [-0.25, -0.2) is 22.7 Å². The minimum Gasteiger partial charge on any atom is -0.449 e. The fourth-order valence-corrected chi connectivity index (χ4v) is 3.00. The Kier molecular flexibility index (Phi) is 5.96. The smallest absolute Gasteiger partial charge is 0.338 e. The molecule has 1 atom stereocenters. The lowest BCUT2D eigenvalue weighted by atomic mass is 10.2. The highest BCUT2D eigenvalue weighted by molar-refractivity contribution is 7.89. The Labute approximate surface area is 154 Å². The molecule has 2 rings (SSSR count). The van der Waals surface area contributed by atoms with Crippen molar-refractivity contribution in [3.8, 4) is 0 Å². The largest absolute Gasteiger partial charge is 0.449 e. The summed E-state index contributed by atoms with van der Waals surface area (Å²) < 4.78 is 41.4. The number of esters is 1. The molecule has 0 unspecified atom stereocenters. The second-order valence-corrected chi connectivity index (χ2v) is 7.14. The van der Waals surface area contributed by atoms with Crippen molar-refractivity contribution in [2.75, 3.05) is 5.32 Å². The maximum atomic E-state index is 13.5. The van der Waals surface area contributed by atoms with E-state index >= 15 is 0 Å². The molecule has 0 aliphatic heterocycles. The average Bonchev–Trinajstić information content (AvgIpc) is 2.56. The molecule has 0 bridgehead atoms. The van der Waals surface area contributed by atoms with Crippen molar-refractivity contribution in [3.05, 3.63) is 58.9 Å². The molecule has 0 heterocycles. The van der Waals surface area contributed by atoms with Gasteiger partial charge >= 0.3 is 5.97 Å². The first-order chi connectivity index (χ1) is 12.1. The summed E-state index contributed by atoms with van der Waals surface area (Å²) in [6, 6.07) is 8.83. The maximum absolute atomic E-state index is 13.5. The van der Waals surface area contributed by atoms with E-state index in [0.29, 0.717) is 0 Å². The Hall–Kier alpha value is -2.49. The van der Waals surface area contributed by atoms with Gasteiger partial charge in [-0.1, -0.05) is 23.7 Å². The number of nitrogens with two attached hydrogens (primary N) is 1. The highest BCUT2D eigenvalue weighted by Crippen LogP contribution is 2.22. The first-order valence-electron chi connectivity index (χ1n) is 7.18. The molecule has 0 aliphatic carbocycles. The van der Waals surface area contributed by atoms with Crippen molar-refractivity contribution in [2.45, 2.75) is 17.9 Å². The van der Waals surface area contributed by atoms with E-state index in [2.05, 4.69) is 5.32 Å². The van der Waals surface area contributed by atoms with Crippen LogP contribution in [-0.4, -0.2) is 26.4 Å². The van der Waals surface area contributed by atoms with Crippen molar-refractivity contribution in [3.63, 3.8) is 0 Å². The van der Waals surface area contributed by atoms with Crippen LogP contribution >= 0.6 is 11.6 Å².